The number of nitrogens with zero attached hydrogens (tertiary/aromatic N) is 3. The maximum atomic E-state index is 11.9. The molecule has 1 aliphatic heterocycles. The fourth-order valence-electron chi connectivity index (χ4n) is 3.10. The Kier molecular flexibility index (Phi) is 13.5. The second kappa shape index (κ2) is 15.2. The molecular weight excluding hydrogens is 513 g/mol. The molecule has 0 aromatic heterocycles. The molecule has 0 radical (unpaired) electrons. The Hall–Kier alpha value is -1.63. The molecule has 1 atom stereocenters. The van der Waals surface area contributed by atoms with E-state index in [-0.39, 0.29) is 42.5 Å². The first-order valence-corrected chi connectivity index (χ1v) is 10.2. The van der Waals surface area contributed by atoms with E-state index in [4.69, 9.17) is 14.2 Å². The van der Waals surface area contributed by atoms with Crippen molar-refractivity contribution in [2.75, 3.05) is 80.9 Å². The van der Waals surface area contributed by atoms with Crippen molar-refractivity contribution in [1.29, 1.82) is 0 Å². The van der Waals surface area contributed by atoms with Crippen molar-refractivity contribution in [3.05, 3.63) is 29.8 Å². The second-order valence-corrected chi connectivity index (χ2v) is 7.19. The quantitative estimate of drug-likeness (QED) is 0.195. The molecular formula is C21H36IN5O4. The average Bonchev–Trinajstić information content (AvgIpc) is 2.78. The van der Waals surface area contributed by atoms with Gasteiger partial charge in [0.1, 0.15) is 12.3 Å². The van der Waals surface area contributed by atoms with Crippen molar-refractivity contribution in [2.45, 2.75) is 6.04 Å². The number of likely N-dealkylation sites (N-methyl/N-ethyl adjacent to an activating group) is 1. The van der Waals surface area contributed by atoms with Gasteiger partial charge >= 0.3 is 0 Å². The maximum absolute atomic E-state index is 11.9. The monoisotopic (exact) mass is 549 g/mol. The molecule has 1 aromatic carbocycles. The first kappa shape index (κ1) is 27.4. The van der Waals surface area contributed by atoms with Crippen LogP contribution in [0, 0.1) is 0 Å². The van der Waals surface area contributed by atoms with Crippen LogP contribution in [-0.2, 0) is 14.3 Å². The fourth-order valence-corrected chi connectivity index (χ4v) is 3.10. The summed E-state index contributed by atoms with van der Waals surface area (Å²) in [5, 5.41) is 6.62. The third kappa shape index (κ3) is 9.58. The molecule has 2 N–H and O–H groups in total. The second-order valence-electron chi connectivity index (χ2n) is 7.19. The van der Waals surface area contributed by atoms with Gasteiger partial charge in [-0.2, -0.15) is 0 Å². The molecule has 1 aliphatic rings. The van der Waals surface area contributed by atoms with E-state index in [0.29, 0.717) is 25.7 Å². The number of benzene rings is 1. The topological polar surface area (TPSA) is 87.7 Å². The van der Waals surface area contributed by atoms with Crippen molar-refractivity contribution in [3.63, 3.8) is 0 Å². The lowest BCUT2D eigenvalue weighted by molar-refractivity contribution is -0.127. The number of rotatable bonds is 10. The van der Waals surface area contributed by atoms with Gasteiger partial charge in [0, 0.05) is 47.4 Å². The maximum Gasteiger partial charge on any atom is 0.243 e. The van der Waals surface area contributed by atoms with E-state index in [1.165, 1.54) is 10.5 Å². The largest absolute Gasteiger partial charge is 0.497 e. The summed E-state index contributed by atoms with van der Waals surface area (Å²) in [5.74, 6) is 1.37. The Morgan fingerprint density at radius 1 is 1.19 bits per heavy atom. The zero-order chi connectivity index (χ0) is 21.8. The third-order valence-corrected chi connectivity index (χ3v) is 4.92. The summed E-state index contributed by atoms with van der Waals surface area (Å²) in [6, 6.07) is 8.27. The van der Waals surface area contributed by atoms with Gasteiger partial charge in [0.05, 0.1) is 33.0 Å². The molecule has 10 heteroatoms. The number of nitrogens with one attached hydrogen (secondary N) is 2. The highest BCUT2D eigenvalue weighted by atomic mass is 127. The van der Waals surface area contributed by atoms with Crippen molar-refractivity contribution < 1.29 is 19.0 Å². The Labute approximate surface area is 202 Å². The molecule has 0 bridgehead atoms. The first-order valence-electron chi connectivity index (χ1n) is 10.2. The zero-order valence-electron chi connectivity index (χ0n) is 18.9. The lowest BCUT2D eigenvalue weighted by Crippen LogP contribution is -2.47. The van der Waals surface area contributed by atoms with Gasteiger partial charge in [-0.25, -0.2) is 4.99 Å². The number of methoxy groups -OCH3 is 2. The van der Waals surface area contributed by atoms with Crippen LogP contribution in [0.3, 0.4) is 0 Å². The molecule has 1 fully saturated rings. The fraction of sp³-hybridized carbons (Fsp3) is 0.619. The van der Waals surface area contributed by atoms with Gasteiger partial charge in [0.2, 0.25) is 5.91 Å². The third-order valence-electron chi connectivity index (χ3n) is 4.92. The molecule has 1 aromatic rings. The number of carbonyl (C=O) groups is 1. The molecule has 176 valence electrons. The van der Waals surface area contributed by atoms with E-state index in [1.54, 1.807) is 28.3 Å². The highest BCUT2D eigenvalue weighted by Crippen LogP contribution is 2.23. The lowest BCUT2D eigenvalue weighted by atomic mass is 10.0. The Balaban J connectivity index is 0.00000480. The minimum Gasteiger partial charge on any atom is -0.497 e. The van der Waals surface area contributed by atoms with E-state index in [9.17, 15) is 4.79 Å². The van der Waals surface area contributed by atoms with Crippen LogP contribution >= 0.6 is 24.0 Å². The number of carbonyl (C=O) groups excluding carboxylic acids is 1. The van der Waals surface area contributed by atoms with Crippen molar-refractivity contribution >= 4 is 35.8 Å². The molecule has 0 aliphatic carbocycles. The summed E-state index contributed by atoms with van der Waals surface area (Å²) < 4.78 is 15.9. The van der Waals surface area contributed by atoms with Gasteiger partial charge in [-0.15, -0.1) is 24.0 Å². The van der Waals surface area contributed by atoms with Gasteiger partial charge in [-0.3, -0.25) is 9.69 Å². The van der Waals surface area contributed by atoms with Crippen molar-refractivity contribution in [1.82, 2.24) is 20.4 Å². The van der Waals surface area contributed by atoms with Gasteiger partial charge in [-0.1, -0.05) is 12.1 Å². The minimum atomic E-state index is -0.0530. The molecule has 9 nitrogen and oxygen atoms in total. The van der Waals surface area contributed by atoms with Crippen LogP contribution in [0.5, 0.6) is 5.75 Å². The first-order chi connectivity index (χ1) is 14.5. The van der Waals surface area contributed by atoms with Crippen LogP contribution in [0.25, 0.3) is 0 Å². The molecule has 1 saturated heterocycles. The average molecular weight is 549 g/mol. The lowest BCUT2D eigenvalue weighted by Gasteiger charge is -2.35. The molecule has 1 heterocycles. The van der Waals surface area contributed by atoms with Gasteiger partial charge < -0.3 is 29.7 Å². The van der Waals surface area contributed by atoms with Crippen molar-refractivity contribution in [3.8, 4) is 5.75 Å². The van der Waals surface area contributed by atoms with Crippen LogP contribution in [0.4, 0.5) is 0 Å². The molecule has 0 spiro atoms. The van der Waals surface area contributed by atoms with Crippen LogP contribution < -0.4 is 15.4 Å². The van der Waals surface area contributed by atoms with Crippen LogP contribution in [-0.4, -0.2) is 103 Å². The van der Waals surface area contributed by atoms with E-state index >= 15 is 0 Å². The van der Waals surface area contributed by atoms with Gasteiger partial charge in [0.15, 0.2) is 5.96 Å². The Morgan fingerprint density at radius 2 is 1.87 bits per heavy atom. The van der Waals surface area contributed by atoms with E-state index in [0.717, 1.165) is 32.1 Å². The minimum absolute atomic E-state index is 0. The van der Waals surface area contributed by atoms with E-state index < -0.39 is 0 Å². The highest BCUT2D eigenvalue weighted by molar-refractivity contribution is 14.0. The van der Waals surface area contributed by atoms with Crippen molar-refractivity contribution in [2.24, 2.45) is 4.99 Å². The predicted molar refractivity (Wildman–Crippen MR) is 132 cm³/mol. The zero-order valence-corrected chi connectivity index (χ0v) is 21.3. The standard InChI is InChI=1S/C21H35N5O4.HI/c1-25(2)20(27)16-24-21(22-9-12-28-3)23-15-19(26-10-13-30-14-11-26)17-5-7-18(29-4)8-6-17;/h5-8,19H,9-16H2,1-4H3,(H2,22,23,24);1H. The Morgan fingerprint density at radius 3 is 2.45 bits per heavy atom. The number of morpholine rings is 1. The van der Waals surface area contributed by atoms with E-state index in [2.05, 4.69) is 32.7 Å². The summed E-state index contributed by atoms with van der Waals surface area (Å²) in [7, 11) is 6.77. The number of hydrogen-bond acceptors (Lipinski definition) is 6. The number of aliphatic imine (C=N–C) groups is 1. The highest BCUT2D eigenvalue weighted by Gasteiger charge is 2.23. The normalized spacial score (nSPS) is 15.5. The molecule has 0 saturated carbocycles. The smallest absolute Gasteiger partial charge is 0.243 e. The number of guanidine groups is 1. The van der Waals surface area contributed by atoms with Crippen LogP contribution in [0.1, 0.15) is 11.6 Å². The van der Waals surface area contributed by atoms with Crippen LogP contribution in [0.15, 0.2) is 29.3 Å². The van der Waals surface area contributed by atoms with Gasteiger partial charge in [0.25, 0.3) is 0 Å². The predicted octanol–water partition coefficient (Wildman–Crippen LogP) is 0.956. The number of halogens is 1. The summed E-state index contributed by atoms with van der Waals surface area (Å²) in [5.41, 5.74) is 1.19. The summed E-state index contributed by atoms with van der Waals surface area (Å²) in [4.78, 5) is 20.3. The summed E-state index contributed by atoms with van der Waals surface area (Å²) in [6.07, 6.45) is 0. The number of amides is 1. The van der Waals surface area contributed by atoms with Gasteiger partial charge in [-0.05, 0) is 17.7 Å². The molecule has 31 heavy (non-hydrogen) atoms. The summed E-state index contributed by atoms with van der Waals surface area (Å²) >= 11 is 0. The number of hydrogen-bond donors (Lipinski definition) is 2. The van der Waals surface area contributed by atoms with E-state index in [1.807, 2.05) is 12.1 Å². The molecule has 1 unspecified atom stereocenters. The molecule has 2 rings (SSSR count). The summed E-state index contributed by atoms with van der Waals surface area (Å²) in [6.45, 7) is 5.04. The SMILES string of the molecule is COCCNC(=NCC(=O)N(C)C)NCC(c1ccc(OC)cc1)N1CCOCC1.I. The number of ether oxygens (including phenoxy) is 3. The Bertz CT molecular complexity index is 666. The van der Waals surface area contributed by atoms with Crippen LogP contribution in [0.2, 0.25) is 0 Å². The molecule has 1 amide bonds.